The fourth-order valence-corrected chi connectivity index (χ4v) is 4.20. The predicted octanol–water partition coefficient (Wildman–Crippen LogP) is 4.19. The molecule has 1 saturated heterocycles. The van der Waals surface area contributed by atoms with Crippen LogP contribution in [-0.4, -0.2) is 32.6 Å². The number of carbonyl (C=O) groups excluding carboxylic acids is 2. The van der Waals surface area contributed by atoms with Gasteiger partial charge in [0.05, 0.1) is 10.6 Å². The molecule has 0 bridgehead atoms. The Bertz CT molecular complexity index is 890. The molecule has 2 aliphatic rings. The van der Waals surface area contributed by atoms with Gasteiger partial charge >= 0.3 is 6.03 Å². The van der Waals surface area contributed by atoms with Crippen molar-refractivity contribution in [1.29, 1.82) is 0 Å². The van der Waals surface area contributed by atoms with Crippen molar-refractivity contribution in [1.82, 2.24) is 20.4 Å². The molecule has 2 fully saturated rings. The lowest BCUT2D eigenvalue weighted by Gasteiger charge is -2.24. The van der Waals surface area contributed by atoms with Gasteiger partial charge < -0.3 is 9.73 Å². The molecular formula is C18H18Cl2N4O3. The average Bonchev–Trinajstić information content (AvgIpc) is 3.07. The molecule has 27 heavy (non-hydrogen) atoms. The van der Waals surface area contributed by atoms with Crippen LogP contribution in [0.15, 0.2) is 22.6 Å². The van der Waals surface area contributed by atoms with Crippen molar-refractivity contribution in [2.24, 2.45) is 0 Å². The van der Waals surface area contributed by atoms with E-state index >= 15 is 0 Å². The minimum atomic E-state index is -0.782. The number of imide groups is 1. The molecule has 7 nitrogen and oxygen atoms in total. The number of aromatic nitrogens is 2. The van der Waals surface area contributed by atoms with Gasteiger partial charge in [0.25, 0.3) is 5.91 Å². The van der Waals surface area contributed by atoms with Crippen molar-refractivity contribution in [3.8, 4) is 11.5 Å². The largest absolute Gasteiger partial charge is 0.419 e. The third kappa shape index (κ3) is 3.41. The first-order chi connectivity index (χ1) is 13.0. The number of rotatable bonds is 3. The quantitative estimate of drug-likeness (QED) is 0.769. The topological polar surface area (TPSA) is 88.3 Å². The monoisotopic (exact) mass is 408 g/mol. The molecule has 0 unspecified atom stereocenters. The van der Waals surface area contributed by atoms with E-state index in [0.29, 0.717) is 28.5 Å². The Morgan fingerprint density at radius 1 is 1.11 bits per heavy atom. The summed E-state index contributed by atoms with van der Waals surface area (Å²) < 4.78 is 5.63. The maximum Gasteiger partial charge on any atom is 0.325 e. The van der Waals surface area contributed by atoms with Gasteiger partial charge in [-0.25, -0.2) is 4.79 Å². The van der Waals surface area contributed by atoms with Crippen LogP contribution in [0.3, 0.4) is 0 Å². The number of amides is 3. The van der Waals surface area contributed by atoms with Crippen molar-refractivity contribution in [3.05, 3.63) is 34.1 Å². The molecule has 1 aliphatic carbocycles. The van der Waals surface area contributed by atoms with Crippen LogP contribution in [0.1, 0.15) is 44.4 Å². The fraction of sp³-hybridized carbons (Fsp3) is 0.444. The average molecular weight is 409 g/mol. The van der Waals surface area contributed by atoms with E-state index in [4.69, 9.17) is 27.6 Å². The van der Waals surface area contributed by atoms with Gasteiger partial charge in [0.2, 0.25) is 11.8 Å². The zero-order chi connectivity index (χ0) is 19.0. The van der Waals surface area contributed by atoms with Crippen LogP contribution in [0, 0.1) is 0 Å². The fourth-order valence-electron chi connectivity index (χ4n) is 3.72. The highest BCUT2D eigenvalue weighted by atomic mass is 35.5. The second-order valence-corrected chi connectivity index (χ2v) is 7.79. The number of nitrogens with one attached hydrogen (secondary N) is 1. The Kier molecular flexibility index (Phi) is 4.82. The summed E-state index contributed by atoms with van der Waals surface area (Å²) >= 11 is 12.1. The molecule has 1 aromatic heterocycles. The maximum atomic E-state index is 12.9. The first-order valence-corrected chi connectivity index (χ1v) is 9.66. The van der Waals surface area contributed by atoms with Crippen molar-refractivity contribution < 1.29 is 14.0 Å². The molecule has 2 aromatic rings. The minimum Gasteiger partial charge on any atom is -0.419 e. The van der Waals surface area contributed by atoms with E-state index in [1.54, 1.807) is 18.2 Å². The molecule has 0 atom stereocenters. The Morgan fingerprint density at radius 3 is 2.56 bits per heavy atom. The molecule has 1 aliphatic heterocycles. The number of benzene rings is 1. The normalized spacial score (nSPS) is 19.4. The van der Waals surface area contributed by atoms with Crippen LogP contribution in [0.2, 0.25) is 10.0 Å². The van der Waals surface area contributed by atoms with E-state index in [-0.39, 0.29) is 24.2 Å². The Hall–Kier alpha value is -2.12. The zero-order valence-corrected chi connectivity index (χ0v) is 16.0. The van der Waals surface area contributed by atoms with Crippen molar-refractivity contribution in [2.45, 2.75) is 50.6 Å². The molecule has 1 aromatic carbocycles. The van der Waals surface area contributed by atoms with Crippen LogP contribution in [0.5, 0.6) is 0 Å². The van der Waals surface area contributed by atoms with Crippen molar-refractivity contribution in [2.75, 3.05) is 0 Å². The van der Waals surface area contributed by atoms with Gasteiger partial charge in [-0.05, 0) is 31.0 Å². The van der Waals surface area contributed by atoms with E-state index in [9.17, 15) is 9.59 Å². The van der Waals surface area contributed by atoms with Crippen LogP contribution in [0.4, 0.5) is 4.79 Å². The van der Waals surface area contributed by atoms with Gasteiger partial charge in [0.15, 0.2) is 0 Å². The number of nitrogens with zero attached hydrogens (tertiary/aromatic N) is 3. The summed E-state index contributed by atoms with van der Waals surface area (Å²) in [4.78, 5) is 26.5. The molecule has 1 spiro atoms. The molecular weight excluding hydrogens is 391 g/mol. The highest BCUT2D eigenvalue weighted by Gasteiger charge is 2.51. The molecule has 0 radical (unpaired) electrons. The van der Waals surface area contributed by atoms with Crippen molar-refractivity contribution >= 4 is 35.1 Å². The standard InChI is InChI=1S/C18H18Cl2N4O3/c19-11-5-6-12(13(20)9-11)15-23-22-14(27-15)10-24-16(25)18(21-17(24)26)7-3-1-2-4-8-18/h5-6,9H,1-4,7-8,10H2,(H,21,26). The summed E-state index contributed by atoms with van der Waals surface area (Å²) in [6, 6.07) is 4.51. The van der Waals surface area contributed by atoms with Gasteiger partial charge in [-0.2, -0.15) is 0 Å². The summed E-state index contributed by atoms with van der Waals surface area (Å²) in [5.41, 5.74) is -0.243. The van der Waals surface area contributed by atoms with Gasteiger partial charge in [0, 0.05) is 5.02 Å². The first-order valence-electron chi connectivity index (χ1n) is 8.90. The number of halogens is 2. The molecule has 4 rings (SSSR count). The van der Waals surface area contributed by atoms with E-state index in [2.05, 4.69) is 15.5 Å². The molecule has 1 N–H and O–H groups in total. The minimum absolute atomic E-state index is 0.0649. The summed E-state index contributed by atoms with van der Waals surface area (Å²) in [5.74, 6) is 0.173. The lowest BCUT2D eigenvalue weighted by Crippen LogP contribution is -2.46. The van der Waals surface area contributed by atoms with E-state index in [1.165, 1.54) is 0 Å². The molecule has 1 saturated carbocycles. The lowest BCUT2D eigenvalue weighted by molar-refractivity contribution is -0.132. The van der Waals surface area contributed by atoms with Crippen molar-refractivity contribution in [3.63, 3.8) is 0 Å². The number of hydrogen-bond donors (Lipinski definition) is 1. The second-order valence-electron chi connectivity index (χ2n) is 6.94. The highest BCUT2D eigenvalue weighted by molar-refractivity contribution is 6.36. The summed E-state index contributed by atoms with van der Waals surface area (Å²) in [7, 11) is 0. The van der Waals surface area contributed by atoms with Crippen LogP contribution >= 0.6 is 23.2 Å². The number of carbonyl (C=O) groups is 2. The Balaban J connectivity index is 1.53. The van der Waals surface area contributed by atoms with Gasteiger partial charge in [-0.1, -0.05) is 48.9 Å². The predicted molar refractivity (Wildman–Crippen MR) is 99.3 cm³/mol. The van der Waals surface area contributed by atoms with Gasteiger partial charge in [0.1, 0.15) is 12.1 Å². The zero-order valence-electron chi connectivity index (χ0n) is 14.5. The third-order valence-corrected chi connectivity index (χ3v) is 5.67. The second kappa shape index (κ2) is 7.13. The van der Waals surface area contributed by atoms with Crippen LogP contribution in [-0.2, 0) is 11.3 Å². The van der Waals surface area contributed by atoms with Gasteiger partial charge in [-0.3, -0.25) is 9.69 Å². The van der Waals surface area contributed by atoms with Gasteiger partial charge in [-0.15, -0.1) is 10.2 Å². The molecule has 3 amide bonds. The van der Waals surface area contributed by atoms with Crippen LogP contribution in [0.25, 0.3) is 11.5 Å². The number of hydrogen-bond acceptors (Lipinski definition) is 5. The highest BCUT2D eigenvalue weighted by Crippen LogP contribution is 2.34. The maximum absolute atomic E-state index is 12.9. The molecule has 2 heterocycles. The summed E-state index contributed by atoms with van der Waals surface area (Å²) in [6.07, 6.45) is 5.37. The van der Waals surface area contributed by atoms with E-state index in [0.717, 1.165) is 30.6 Å². The smallest absolute Gasteiger partial charge is 0.325 e. The number of urea groups is 1. The third-order valence-electron chi connectivity index (χ3n) is 5.12. The summed E-state index contributed by atoms with van der Waals surface area (Å²) in [6.45, 7) is -0.0649. The SMILES string of the molecule is O=C1NC2(CCCCCC2)C(=O)N1Cc1nnc(-c2ccc(Cl)cc2Cl)o1. The Morgan fingerprint density at radius 2 is 1.85 bits per heavy atom. The first kappa shape index (κ1) is 18.3. The Labute approximate surface area is 166 Å². The van der Waals surface area contributed by atoms with E-state index < -0.39 is 11.6 Å². The van der Waals surface area contributed by atoms with Crippen LogP contribution < -0.4 is 5.32 Å². The summed E-state index contributed by atoms with van der Waals surface area (Å²) in [5, 5.41) is 11.7. The lowest BCUT2D eigenvalue weighted by atomic mass is 9.90. The molecule has 9 heteroatoms. The molecule has 142 valence electrons. The van der Waals surface area contributed by atoms with E-state index in [1.807, 2.05) is 0 Å².